The fourth-order valence-corrected chi connectivity index (χ4v) is 4.10. The molecule has 27 heavy (non-hydrogen) atoms. The van der Waals surface area contributed by atoms with E-state index in [1.165, 1.54) is 11.6 Å². The second kappa shape index (κ2) is 7.55. The summed E-state index contributed by atoms with van der Waals surface area (Å²) in [6, 6.07) is 15.3. The van der Waals surface area contributed by atoms with E-state index < -0.39 is 0 Å². The first-order chi connectivity index (χ1) is 13.2. The third-order valence-corrected chi connectivity index (χ3v) is 5.51. The summed E-state index contributed by atoms with van der Waals surface area (Å²) in [6.07, 6.45) is 3.62. The molecule has 3 nitrogen and oxygen atoms in total. The molecule has 0 bridgehead atoms. The number of hydrogen-bond donors (Lipinski definition) is 0. The van der Waals surface area contributed by atoms with Gasteiger partial charge in [-0.05, 0) is 36.5 Å². The minimum Gasteiger partial charge on any atom is -0.337 e. The topological polar surface area (TPSA) is 25.2 Å². The number of aryl methyl sites for hydroxylation is 2. The number of halogens is 1. The molecule has 0 fully saturated rings. The number of carbonyl (C=O) groups excluding carboxylic acids is 1. The molecule has 1 aliphatic heterocycles. The first kappa shape index (κ1) is 17.8. The van der Waals surface area contributed by atoms with E-state index in [2.05, 4.69) is 19.1 Å². The maximum absolute atomic E-state index is 14.7. The standard InChI is InChI=1S/C23H25FN2O/c1-2-3-14-25-15-13-19-18-10-7-11-20(24)21(18)26(22(19)23(25)27)16-12-17-8-5-4-6-9-17/h4-11H,2-3,12-16H2,1H3. The van der Waals surface area contributed by atoms with Gasteiger partial charge in [0.25, 0.3) is 5.91 Å². The van der Waals surface area contributed by atoms with Gasteiger partial charge in [-0.2, -0.15) is 0 Å². The average molecular weight is 364 g/mol. The van der Waals surface area contributed by atoms with E-state index in [1.807, 2.05) is 33.7 Å². The van der Waals surface area contributed by atoms with E-state index in [0.29, 0.717) is 17.8 Å². The summed E-state index contributed by atoms with van der Waals surface area (Å²) in [7, 11) is 0. The molecule has 1 aromatic heterocycles. The maximum atomic E-state index is 14.7. The molecule has 4 rings (SSSR count). The van der Waals surface area contributed by atoms with Gasteiger partial charge in [0.2, 0.25) is 0 Å². The fraction of sp³-hybridized carbons (Fsp3) is 0.348. The third-order valence-electron chi connectivity index (χ3n) is 5.51. The number of benzene rings is 2. The molecule has 3 aromatic rings. The summed E-state index contributed by atoms with van der Waals surface area (Å²) in [5, 5.41) is 0.890. The molecule has 140 valence electrons. The molecule has 4 heteroatoms. The average Bonchev–Trinajstić information content (AvgIpc) is 3.02. The van der Waals surface area contributed by atoms with Crippen LogP contribution < -0.4 is 0 Å². The summed E-state index contributed by atoms with van der Waals surface area (Å²) < 4.78 is 16.7. The lowest BCUT2D eigenvalue weighted by atomic mass is 10.0. The van der Waals surface area contributed by atoms with Gasteiger partial charge in [0, 0.05) is 25.0 Å². The van der Waals surface area contributed by atoms with Gasteiger partial charge >= 0.3 is 0 Å². The number of para-hydroxylation sites is 1. The number of amides is 1. The summed E-state index contributed by atoms with van der Waals surface area (Å²) >= 11 is 0. The molecule has 0 aliphatic carbocycles. The van der Waals surface area contributed by atoms with Crippen LogP contribution in [0.3, 0.4) is 0 Å². The van der Waals surface area contributed by atoms with Gasteiger partial charge < -0.3 is 9.47 Å². The van der Waals surface area contributed by atoms with E-state index in [-0.39, 0.29) is 11.7 Å². The van der Waals surface area contributed by atoms with Gasteiger partial charge in [-0.15, -0.1) is 0 Å². The Bertz CT molecular complexity index is 961. The van der Waals surface area contributed by atoms with Crippen molar-refractivity contribution >= 4 is 16.8 Å². The highest BCUT2D eigenvalue weighted by Gasteiger charge is 2.31. The highest BCUT2D eigenvalue weighted by molar-refractivity contribution is 6.03. The minimum atomic E-state index is -0.247. The Hall–Kier alpha value is -2.62. The molecule has 0 unspecified atom stereocenters. The molecule has 0 atom stereocenters. The lowest BCUT2D eigenvalue weighted by molar-refractivity contribution is 0.0726. The van der Waals surface area contributed by atoms with Crippen LogP contribution in [0.25, 0.3) is 10.9 Å². The Morgan fingerprint density at radius 2 is 1.85 bits per heavy atom. The van der Waals surface area contributed by atoms with Crippen LogP contribution in [0.2, 0.25) is 0 Å². The Labute approximate surface area is 159 Å². The summed E-state index contributed by atoms with van der Waals surface area (Å²) in [6.45, 7) is 4.23. The van der Waals surface area contributed by atoms with Gasteiger partial charge in [-0.3, -0.25) is 4.79 Å². The monoisotopic (exact) mass is 364 g/mol. The molecule has 0 N–H and O–H groups in total. The van der Waals surface area contributed by atoms with Gasteiger partial charge in [0.1, 0.15) is 11.5 Å². The number of carbonyl (C=O) groups is 1. The highest BCUT2D eigenvalue weighted by Crippen LogP contribution is 2.32. The Balaban J connectivity index is 1.77. The van der Waals surface area contributed by atoms with Crippen LogP contribution in [0.15, 0.2) is 48.5 Å². The zero-order valence-corrected chi connectivity index (χ0v) is 15.7. The molecule has 1 amide bonds. The maximum Gasteiger partial charge on any atom is 0.270 e. The molecule has 2 aromatic carbocycles. The van der Waals surface area contributed by atoms with E-state index >= 15 is 0 Å². The molecule has 0 saturated carbocycles. The number of rotatable bonds is 6. The smallest absolute Gasteiger partial charge is 0.270 e. The Morgan fingerprint density at radius 1 is 1.04 bits per heavy atom. The second-order valence-corrected chi connectivity index (χ2v) is 7.25. The Kier molecular flexibility index (Phi) is 4.97. The van der Waals surface area contributed by atoms with Crippen LogP contribution in [0.4, 0.5) is 4.39 Å². The van der Waals surface area contributed by atoms with Gasteiger partial charge in [0.15, 0.2) is 0 Å². The molecule has 1 aliphatic rings. The van der Waals surface area contributed by atoms with E-state index in [9.17, 15) is 9.18 Å². The van der Waals surface area contributed by atoms with Crippen molar-refractivity contribution in [2.24, 2.45) is 0 Å². The van der Waals surface area contributed by atoms with Crippen molar-refractivity contribution in [3.8, 4) is 0 Å². The summed E-state index contributed by atoms with van der Waals surface area (Å²) in [5.41, 5.74) is 3.46. The van der Waals surface area contributed by atoms with E-state index in [1.54, 1.807) is 6.07 Å². The van der Waals surface area contributed by atoms with Crippen LogP contribution in [0, 0.1) is 5.82 Å². The van der Waals surface area contributed by atoms with Gasteiger partial charge in [-0.1, -0.05) is 55.8 Å². The molecule has 0 radical (unpaired) electrons. The second-order valence-electron chi connectivity index (χ2n) is 7.25. The molecule has 0 spiro atoms. The van der Waals surface area contributed by atoms with Crippen molar-refractivity contribution in [3.63, 3.8) is 0 Å². The fourth-order valence-electron chi connectivity index (χ4n) is 4.10. The number of nitrogens with zero attached hydrogens (tertiary/aromatic N) is 2. The zero-order valence-electron chi connectivity index (χ0n) is 15.7. The van der Waals surface area contributed by atoms with Gasteiger partial charge in [0.05, 0.1) is 5.52 Å². The lowest BCUT2D eigenvalue weighted by Crippen LogP contribution is -2.39. The van der Waals surface area contributed by atoms with Crippen molar-refractivity contribution in [3.05, 3.63) is 71.2 Å². The van der Waals surface area contributed by atoms with Crippen molar-refractivity contribution in [2.75, 3.05) is 13.1 Å². The normalized spacial score (nSPS) is 14.0. The van der Waals surface area contributed by atoms with E-state index in [4.69, 9.17) is 0 Å². The first-order valence-corrected chi connectivity index (χ1v) is 9.83. The van der Waals surface area contributed by atoms with E-state index in [0.717, 1.165) is 49.7 Å². The molecular formula is C23H25FN2O. The number of aromatic nitrogens is 1. The lowest BCUT2D eigenvalue weighted by Gasteiger charge is -2.28. The van der Waals surface area contributed by atoms with Crippen molar-refractivity contribution in [2.45, 2.75) is 39.2 Å². The van der Waals surface area contributed by atoms with Crippen LogP contribution in [0.5, 0.6) is 0 Å². The summed E-state index contributed by atoms with van der Waals surface area (Å²) in [5.74, 6) is -0.198. The molecule has 0 saturated heterocycles. The summed E-state index contributed by atoms with van der Waals surface area (Å²) in [4.78, 5) is 15.2. The highest BCUT2D eigenvalue weighted by atomic mass is 19.1. The zero-order chi connectivity index (χ0) is 18.8. The largest absolute Gasteiger partial charge is 0.337 e. The van der Waals surface area contributed by atoms with Crippen molar-refractivity contribution in [1.29, 1.82) is 0 Å². The number of hydrogen-bond acceptors (Lipinski definition) is 1. The van der Waals surface area contributed by atoms with Crippen LogP contribution in [-0.2, 0) is 19.4 Å². The van der Waals surface area contributed by atoms with Crippen LogP contribution in [-0.4, -0.2) is 28.5 Å². The van der Waals surface area contributed by atoms with Crippen molar-refractivity contribution in [1.82, 2.24) is 9.47 Å². The predicted octanol–water partition coefficient (Wildman–Crippen LogP) is 4.82. The Morgan fingerprint density at radius 3 is 2.63 bits per heavy atom. The predicted molar refractivity (Wildman–Crippen MR) is 107 cm³/mol. The molecular weight excluding hydrogens is 339 g/mol. The quantitative estimate of drug-likeness (QED) is 0.615. The first-order valence-electron chi connectivity index (χ1n) is 9.83. The van der Waals surface area contributed by atoms with Crippen molar-refractivity contribution < 1.29 is 9.18 Å². The van der Waals surface area contributed by atoms with Crippen LogP contribution in [0.1, 0.15) is 41.4 Å². The molecule has 2 heterocycles. The number of unbranched alkanes of at least 4 members (excludes halogenated alkanes) is 1. The minimum absolute atomic E-state index is 0.0494. The SMILES string of the molecule is CCCCN1CCc2c(n(CCc3ccccc3)c3c(F)cccc23)C1=O. The third kappa shape index (κ3) is 3.25. The number of fused-ring (bicyclic) bond motifs is 3. The van der Waals surface area contributed by atoms with Crippen LogP contribution >= 0.6 is 0 Å². The van der Waals surface area contributed by atoms with Gasteiger partial charge in [-0.25, -0.2) is 4.39 Å².